The number of ether oxygens (including phenoxy) is 1. The van der Waals surface area contributed by atoms with Crippen LogP contribution in [0.5, 0.6) is 5.75 Å². The fourth-order valence-electron chi connectivity index (χ4n) is 3.98. The van der Waals surface area contributed by atoms with Gasteiger partial charge in [-0.25, -0.2) is 17.5 Å². The van der Waals surface area contributed by atoms with Gasteiger partial charge in [-0.3, -0.25) is 4.79 Å². The van der Waals surface area contributed by atoms with E-state index in [0.717, 1.165) is 25.1 Å². The smallest absolute Gasteiger partial charge is 0.300 e. The fourth-order valence-corrected chi connectivity index (χ4v) is 5.11. The van der Waals surface area contributed by atoms with Crippen LogP contribution in [-0.4, -0.2) is 33.0 Å². The highest BCUT2D eigenvalue weighted by atomic mass is 32.2. The van der Waals surface area contributed by atoms with E-state index >= 15 is 0 Å². The Bertz CT molecular complexity index is 1330. The third-order valence-corrected chi connectivity index (χ3v) is 6.94. The van der Waals surface area contributed by atoms with Gasteiger partial charge < -0.3 is 14.1 Å². The van der Waals surface area contributed by atoms with E-state index in [4.69, 9.17) is 9.15 Å². The number of nitrogens with zero attached hydrogens (tertiary/aromatic N) is 1. The first-order valence-electron chi connectivity index (χ1n) is 9.99. The summed E-state index contributed by atoms with van der Waals surface area (Å²) < 4.78 is 53.7. The molecular formula is C22H21FN2O5S. The topological polar surface area (TPSA) is 88.9 Å². The molecule has 1 amide bonds. The van der Waals surface area contributed by atoms with E-state index in [9.17, 15) is 17.6 Å². The zero-order valence-electron chi connectivity index (χ0n) is 17.1. The van der Waals surface area contributed by atoms with Gasteiger partial charge in [-0.15, -0.1) is 0 Å². The van der Waals surface area contributed by atoms with E-state index in [1.165, 1.54) is 18.2 Å². The molecule has 2 aliphatic heterocycles. The predicted octanol–water partition coefficient (Wildman–Crippen LogP) is 3.61. The van der Waals surface area contributed by atoms with Gasteiger partial charge in [0.15, 0.2) is 5.76 Å². The standard InChI is InChI=1S/C22H21FN2O5S/c1-22(2)12-13-5-3-6-19(20(13)30-22)31(27,28)24-21(26)18-11-15-16(23)9-14(10-17(15)29-18)25-7-4-8-25/h3,5-6,9-11H,4,7-8,12H2,1-2H3,(H,24,26). The largest absolute Gasteiger partial charge is 0.486 e. The summed E-state index contributed by atoms with van der Waals surface area (Å²) in [6, 6.07) is 9.04. The Kier molecular flexibility index (Phi) is 4.30. The molecule has 3 heterocycles. The second kappa shape index (κ2) is 6.71. The van der Waals surface area contributed by atoms with Gasteiger partial charge in [0, 0.05) is 37.3 Å². The maximum absolute atomic E-state index is 14.5. The molecule has 0 bridgehead atoms. The molecule has 0 saturated carbocycles. The van der Waals surface area contributed by atoms with Crippen LogP contribution in [0.15, 0.2) is 45.7 Å². The van der Waals surface area contributed by atoms with Crippen LogP contribution >= 0.6 is 0 Å². The molecule has 1 saturated heterocycles. The highest BCUT2D eigenvalue weighted by Gasteiger charge is 2.35. The van der Waals surface area contributed by atoms with Gasteiger partial charge in [0.2, 0.25) is 0 Å². The van der Waals surface area contributed by atoms with Crippen molar-refractivity contribution in [2.24, 2.45) is 0 Å². The van der Waals surface area contributed by atoms with Crippen LogP contribution in [0.2, 0.25) is 0 Å². The number of amides is 1. The van der Waals surface area contributed by atoms with E-state index < -0.39 is 27.3 Å². The van der Waals surface area contributed by atoms with Gasteiger partial charge in [-0.1, -0.05) is 12.1 Å². The molecule has 1 fully saturated rings. The lowest BCUT2D eigenvalue weighted by atomic mass is 10.0. The van der Waals surface area contributed by atoms with Crippen LogP contribution in [-0.2, 0) is 16.4 Å². The molecule has 0 spiro atoms. The van der Waals surface area contributed by atoms with E-state index in [1.807, 2.05) is 23.5 Å². The number of hydrogen-bond donors (Lipinski definition) is 1. The summed E-state index contributed by atoms with van der Waals surface area (Å²) in [5, 5.41) is 0.123. The molecule has 0 atom stereocenters. The minimum absolute atomic E-state index is 0.119. The highest BCUT2D eigenvalue weighted by Crippen LogP contribution is 2.39. The second-order valence-electron chi connectivity index (χ2n) is 8.51. The Balaban J connectivity index is 1.45. The van der Waals surface area contributed by atoms with Crippen molar-refractivity contribution in [1.82, 2.24) is 4.72 Å². The minimum Gasteiger partial charge on any atom is -0.486 e. The molecule has 31 heavy (non-hydrogen) atoms. The number of nitrogens with one attached hydrogen (secondary N) is 1. The van der Waals surface area contributed by atoms with Crippen molar-refractivity contribution in [2.75, 3.05) is 18.0 Å². The number of fused-ring (bicyclic) bond motifs is 2. The molecule has 0 unspecified atom stereocenters. The number of para-hydroxylation sites is 1. The summed E-state index contributed by atoms with van der Waals surface area (Å²) in [6.45, 7) is 5.38. The average molecular weight is 444 g/mol. The monoisotopic (exact) mass is 444 g/mol. The lowest BCUT2D eigenvalue weighted by molar-refractivity contribution is 0.0956. The summed E-state index contributed by atoms with van der Waals surface area (Å²) in [7, 11) is -4.23. The van der Waals surface area contributed by atoms with Crippen LogP contribution in [0.25, 0.3) is 11.0 Å². The maximum Gasteiger partial charge on any atom is 0.300 e. The van der Waals surface area contributed by atoms with Gasteiger partial charge in [-0.2, -0.15) is 0 Å². The first-order valence-corrected chi connectivity index (χ1v) is 11.5. The Morgan fingerprint density at radius 2 is 1.97 bits per heavy atom. The van der Waals surface area contributed by atoms with Gasteiger partial charge in [0.25, 0.3) is 10.0 Å². The van der Waals surface area contributed by atoms with Gasteiger partial charge >= 0.3 is 5.91 Å². The lowest BCUT2D eigenvalue weighted by Gasteiger charge is -2.33. The molecule has 162 valence electrons. The number of carbonyl (C=O) groups is 1. The number of hydrogen-bond acceptors (Lipinski definition) is 6. The molecule has 9 heteroatoms. The maximum atomic E-state index is 14.5. The Hall–Kier alpha value is -3.07. The second-order valence-corrected chi connectivity index (χ2v) is 10.2. The quantitative estimate of drug-likeness (QED) is 0.661. The molecular weight excluding hydrogens is 423 g/mol. The van der Waals surface area contributed by atoms with E-state index in [1.54, 1.807) is 18.2 Å². The van der Waals surface area contributed by atoms with Gasteiger partial charge in [-0.05, 0) is 38.0 Å². The zero-order valence-corrected chi connectivity index (χ0v) is 17.9. The third kappa shape index (κ3) is 3.42. The van der Waals surface area contributed by atoms with Crippen molar-refractivity contribution in [2.45, 2.75) is 37.2 Å². The number of anilines is 1. The fraction of sp³-hybridized carbons (Fsp3) is 0.318. The highest BCUT2D eigenvalue weighted by molar-refractivity contribution is 7.90. The first-order chi connectivity index (χ1) is 14.6. The molecule has 5 rings (SSSR count). The number of sulfonamides is 1. The lowest BCUT2D eigenvalue weighted by Crippen LogP contribution is -2.36. The molecule has 0 aliphatic carbocycles. The Labute approximate surface area is 178 Å². The van der Waals surface area contributed by atoms with E-state index in [2.05, 4.69) is 0 Å². The van der Waals surface area contributed by atoms with Crippen molar-refractivity contribution in [3.63, 3.8) is 0 Å². The van der Waals surface area contributed by atoms with Gasteiger partial charge in [0.05, 0.1) is 5.39 Å². The molecule has 2 aliphatic rings. The van der Waals surface area contributed by atoms with Crippen LogP contribution in [0.3, 0.4) is 0 Å². The summed E-state index contributed by atoms with van der Waals surface area (Å²) in [6.07, 6.45) is 1.59. The molecule has 3 aromatic rings. The van der Waals surface area contributed by atoms with Crippen molar-refractivity contribution in [3.8, 4) is 5.75 Å². The number of furan rings is 1. The zero-order chi connectivity index (χ0) is 22.0. The average Bonchev–Trinajstić information content (AvgIpc) is 3.19. The molecule has 0 radical (unpaired) electrons. The van der Waals surface area contributed by atoms with Crippen molar-refractivity contribution >= 4 is 32.6 Å². The molecule has 1 aromatic heterocycles. The van der Waals surface area contributed by atoms with Gasteiger partial charge in [0.1, 0.15) is 27.6 Å². The summed E-state index contributed by atoms with van der Waals surface area (Å²) in [4.78, 5) is 14.5. The van der Waals surface area contributed by atoms with E-state index in [-0.39, 0.29) is 27.4 Å². The van der Waals surface area contributed by atoms with Crippen LogP contribution in [0.4, 0.5) is 10.1 Å². The predicted molar refractivity (Wildman–Crippen MR) is 113 cm³/mol. The van der Waals surface area contributed by atoms with Crippen molar-refractivity contribution in [3.05, 3.63) is 53.5 Å². The number of halogens is 1. The van der Waals surface area contributed by atoms with Crippen molar-refractivity contribution in [1.29, 1.82) is 0 Å². The van der Waals surface area contributed by atoms with Crippen molar-refractivity contribution < 1.29 is 26.8 Å². The normalized spacial score (nSPS) is 17.2. The number of benzene rings is 2. The van der Waals surface area contributed by atoms with Crippen LogP contribution in [0.1, 0.15) is 36.4 Å². The molecule has 1 N–H and O–H groups in total. The number of carbonyl (C=O) groups excluding carboxylic acids is 1. The van der Waals surface area contributed by atoms with Crippen LogP contribution in [0, 0.1) is 5.82 Å². The minimum atomic E-state index is -4.23. The Morgan fingerprint density at radius 1 is 1.19 bits per heavy atom. The van der Waals surface area contributed by atoms with E-state index in [0.29, 0.717) is 12.1 Å². The van der Waals surface area contributed by atoms with Crippen LogP contribution < -0.4 is 14.4 Å². The Morgan fingerprint density at radius 3 is 2.68 bits per heavy atom. The summed E-state index contributed by atoms with van der Waals surface area (Å²) in [5.74, 6) is -1.55. The summed E-state index contributed by atoms with van der Waals surface area (Å²) in [5.41, 5.74) is 1.08. The SMILES string of the molecule is CC1(C)Cc2cccc(S(=O)(=O)NC(=O)c3cc4c(F)cc(N5CCC5)cc4o3)c2O1. The summed E-state index contributed by atoms with van der Waals surface area (Å²) >= 11 is 0. The number of rotatable bonds is 4. The molecule has 2 aromatic carbocycles. The third-order valence-electron chi connectivity index (χ3n) is 5.59. The first kappa shape index (κ1) is 19.9. The molecule has 7 nitrogen and oxygen atoms in total.